The molecule has 1 saturated heterocycles. The van der Waals surface area contributed by atoms with Crippen LogP contribution in [0.15, 0.2) is 48.5 Å². The van der Waals surface area contributed by atoms with E-state index in [1.807, 2.05) is 41.3 Å². The second kappa shape index (κ2) is 9.56. The molecular formula is C22H25ClN2O2. The summed E-state index contributed by atoms with van der Waals surface area (Å²) in [6, 6.07) is 14.8. The largest absolute Gasteiger partial charge is 0.339 e. The summed E-state index contributed by atoms with van der Waals surface area (Å²) in [4.78, 5) is 27.2. The van der Waals surface area contributed by atoms with Crippen LogP contribution < -0.4 is 5.32 Å². The van der Waals surface area contributed by atoms with Crippen molar-refractivity contribution < 1.29 is 9.59 Å². The molecule has 1 fully saturated rings. The van der Waals surface area contributed by atoms with Crippen molar-refractivity contribution in [2.45, 2.75) is 38.5 Å². The molecule has 0 aliphatic carbocycles. The van der Waals surface area contributed by atoms with Crippen LogP contribution in [0.25, 0.3) is 0 Å². The number of amides is 2. The van der Waals surface area contributed by atoms with E-state index in [1.54, 1.807) is 12.1 Å². The average molecular weight is 385 g/mol. The van der Waals surface area contributed by atoms with Gasteiger partial charge < -0.3 is 10.2 Å². The van der Waals surface area contributed by atoms with Gasteiger partial charge in [-0.15, -0.1) is 0 Å². The van der Waals surface area contributed by atoms with Gasteiger partial charge >= 0.3 is 0 Å². The Morgan fingerprint density at radius 1 is 0.926 bits per heavy atom. The van der Waals surface area contributed by atoms with Gasteiger partial charge in [-0.3, -0.25) is 9.59 Å². The van der Waals surface area contributed by atoms with Crippen molar-refractivity contribution >= 4 is 29.1 Å². The predicted molar refractivity (Wildman–Crippen MR) is 109 cm³/mol. The van der Waals surface area contributed by atoms with Gasteiger partial charge in [-0.1, -0.05) is 48.7 Å². The zero-order valence-corrected chi connectivity index (χ0v) is 16.2. The SMILES string of the molecule is O=C(CCc1ccc(Cl)cc1)Nc1ccccc1C(=O)N1CCCCCC1. The molecule has 0 atom stereocenters. The summed E-state index contributed by atoms with van der Waals surface area (Å²) >= 11 is 5.89. The second-order valence-electron chi connectivity index (χ2n) is 6.93. The Balaban J connectivity index is 1.63. The summed E-state index contributed by atoms with van der Waals surface area (Å²) < 4.78 is 0. The highest BCUT2D eigenvalue weighted by Gasteiger charge is 2.20. The first-order chi connectivity index (χ1) is 13.1. The maximum Gasteiger partial charge on any atom is 0.255 e. The van der Waals surface area contributed by atoms with E-state index in [9.17, 15) is 9.59 Å². The second-order valence-corrected chi connectivity index (χ2v) is 7.36. The van der Waals surface area contributed by atoms with Crippen LogP contribution in [0.4, 0.5) is 5.69 Å². The molecule has 1 N–H and O–H groups in total. The van der Waals surface area contributed by atoms with E-state index in [0.29, 0.717) is 29.1 Å². The van der Waals surface area contributed by atoms with Gasteiger partial charge in [0.1, 0.15) is 0 Å². The molecule has 0 bridgehead atoms. The van der Waals surface area contributed by atoms with Gasteiger partial charge in [0.25, 0.3) is 5.91 Å². The molecule has 0 aromatic heterocycles. The first kappa shape index (κ1) is 19.4. The van der Waals surface area contributed by atoms with Gasteiger partial charge in [0, 0.05) is 24.5 Å². The van der Waals surface area contributed by atoms with E-state index in [1.165, 1.54) is 12.8 Å². The number of nitrogens with zero attached hydrogens (tertiary/aromatic N) is 1. The van der Waals surface area contributed by atoms with E-state index < -0.39 is 0 Å². The molecule has 0 spiro atoms. The number of likely N-dealkylation sites (tertiary alicyclic amines) is 1. The lowest BCUT2D eigenvalue weighted by atomic mass is 10.1. The minimum atomic E-state index is -0.0962. The van der Waals surface area contributed by atoms with E-state index in [0.717, 1.165) is 31.5 Å². The topological polar surface area (TPSA) is 49.4 Å². The van der Waals surface area contributed by atoms with Crippen LogP contribution in [-0.4, -0.2) is 29.8 Å². The van der Waals surface area contributed by atoms with E-state index in [4.69, 9.17) is 11.6 Å². The Morgan fingerprint density at radius 2 is 1.59 bits per heavy atom. The molecule has 1 heterocycles. The molecule has 4 nitrogen and oxygen atoms in total. The number of rotatable bonds is 5. The molecule has 2 aromatic carbocycles. The monoisotopic (exact) mass is 384 g/mol. The van der Waals surface area contributed by atoms with Crippen LogP contribution in [0.2, 0.25) is 5.02 Å². The maximum atomic E-state index is 12.9. The van der Waals surface area contributed by atoms with Gasteiger partial charge in [-0.05, 0) is 49.1 Å². The fourth-order valence-corrected chi connectivity index (χ4v) is 3.47. The number of aryl methyl sites for hydroxylation is 1. The smallest absolute Gasteiger partial charge is 0.255 e. The van der Waals surface area contributed by atoms with Crippen molar-refractivity contribution in [1.82, 2.24) is 4.90 Å². The van der Waals surface area contributed by atoms with Gasteiger partial charge in [0.15, 0.2) is 0 Å². The van der Waals surface area contributed by atoms with E-state index in [2.05, 4.69) is 5.32 Å². The Morgan fingerprint density at radius 3 is 2.30 bits per heavy atom. The standard InChI is InChI=1S/C22H25ClN2O2/c23-18-12-9-17(10-13-18)11-14-21(26)24-20-8-4-3-7-19(20)22(27)25-15-5-1-2-6-16-25/h3-4,7-10,12-13H,1-2,5-6,11,14-16H2,(H,24,26). The molecule has 0 saturated carbocycles. The molecule has 0 radical (unpaired) electrons. The molecule has 5 heteroatoms. The molecule has 2 amide bonds. The fourth-order valence-electron chi connectivity index (χ4n) is 3.34. The van der Waals surface area contributed by atoms with Crippen LogP contribution >= 0.6 is 11.6 Å². The number of hydrogen-bond donors (Lipinski definition) is 1. The molecule has 1 aliphatic heterocycles. The number of anilines is 1. The third-order valence-electron chi connectivity index (χ3n) is 4.88. The number of para-hydroxylation sites is 1. The normalized spacial score (nSPS) is 14.5. The Hall–Kier alpha value is -2.33. The van der Waals surface area contributed by atoms with Gasteiger partial charge in [-0.2, -0.15) is 0 Å². The van der Waals surface area contributed by atoms with Crippen molar-refractivity contribution in [3.63, 3.8) is 0 Å². The number of carbonyl (C=O) groups excluding carboxylic acids is 2. The van der Waals surface area contributed by atoms with E-state index in [-0.39, 0.29) is 11.8 Å². The molecule has 1 aliphatic rings. The highest BCUT2D eigenvalue weighted by molar-refractivity contribution is 6.30. The lowest BCUT2D eigenvalue weighted by Crippen LogP contribution is -2.32. The van der Waals surface area contributed by atoms with Crippen molar-refractivity contribution in [2.24, 2.45) is 0 Å². The zero-order chi connectivity index (χ0) is 19.1. The maximum absolute atomic E-state index is 12.9. The summed E-state index contributed by atoms with van der Waals surface area (Å²) in [6.07, 6.45) is 5.42. The van der Waals surface area contributed by atoms with Gasteiger partial charge in [0.05, 0.1) is 11.3 Å². The van der Waals surface area contributed by atoms with Crippen molar-refractivity contribution in [3.8, 4) is 0 Å². The molecule has 2 aromatic rings. The average Bonchev–Trinajstić information content (AvgIpc) is 2.97. The van der Waals surface area contributed by atoms with Crippen LogP contribution in [0.3, 0.4) is 0 Å². The summed E-state index contributed by atoms with van der Waals surface area (Å²) in [5, 5.41) is 3.60. The highest BCUT2D eigenvalue weighted by Crippen LogP contribution is 2.20. The first-order valence-electron chi connectivity index (χ1n) is 9.56. The summed E-state index contributed by atoms with van der Waals surface area (Å²) in [5.74, 6) is -0.0911. The van der Waals surface area contributed by atoms with Crippen molar-refractivity contribution in [2.75, 3.05) is 18.4 Å². The molecule has 142 valence electrons. The number of nitrogens with one attached hydrogen (secondary N) is 1. The minimum absolute atomic E-state index is 0.00509. The van der Waals surface area contributed by atoms with E-state index >= 15 is 0 Å². The Bertz CT molecular complexity index is 781. The number of carbonyl (C=O) groups is 2. The molecular weight excluding hydrogens is 360 g/mol. The number of hydrogen-bond acceptors (Lipinski definition) is 2. The lowest BCUT2D eigenvalue weighted by Gasteiger charge is -2.22. The number of halogens is 1. The third kappa shape index (κ3) is 5.57. The number of benzene rings is 2. The predicted octanol–water partition coefficient (Wildman–Crippen LogP) is 4.93. The summed E-state index contributed by atoms with van der Waals surface area (Å²) in [7, 11) is 0. The fraction of sp³-hybridized carbons (Fsp3) is 0.364. The molecule has 27 heavy (non-hydrogen) atoms. The van der Waals surface area contributed by atoms with Crippen LogP contribution in [0.5, 0.6) is 0 Å². The molecule has 0 unspecified atom stereocenters. The van der Waals surface area contributed by atoms with Crippen LogP contribution in [-0.2, 0) is 11.2 Å². The zero-order valence-electron chi connectivity index (χ0n) is 15.4. The van der Waals surface area contributed by atoms with Crippen molar-refractivity contribution in [1.29, 1.82) is 0 Å². The summed E-state index contributed by atoms with van der Waals surface area (Å²) in [5.41, 5.74) is 2.22. The van der Waals surface area contributed by atoms with Gasteiger partial charge in [0.2, 0.25) is 5.91 Å². The highest BCUT2D eigenvalue weighted by atomic mass is 35.5. The van der Waals surface area contributed by atoms with Crippen LogP contribution in [0, 0.1) is 0 Å². The van der Waals surface area contributed by atoms with Crippen LogP contribution in [0.1, 0.15) is 48.0 Å². The van der Waals surface area contributed by atoms with Crippen molar-refractivity contribution in [3.05, 3.63) is 64.7 Å². The first-order valence-corrected chi connectivity index (χ1v) is 9.94. The quantitative estimate of drug-likeness (QED) is 0.794. The lowest BCUT2D eigenvalue weighted by molar-refractivity contribution is -0.116. The summed E-state index contributed by atoms with van der Waals surface area (Å²) in [6.45, 7) is 1.58. The minimum Gasteiger partial charge on any atom is -0.339 e. The Labute approximate surface area is 165 Å². The Kier molecular flexibility index (Phi) is 6.88. The third-order valence-corrected chi connectivity index (χ3v) is 5.13. The molecule has 3 rings (SSSR count). The van der Waals surface area contributed by atoms with Gasteiger partial charge in [-0.25, -0.2) is 0 Å².